The second-order valence-corrected chi connectivity index (χ2v) is 12.1. The van der Waals surface area contributed by atoms with Crippen LogP contribution in [0, 0.1) is 0 Å². The van der Waals surface area contributed by atoms with Crippen LogP contribution in [-0.4, -0.2) is 45.1 Å². The van der Waals surface area contributed by atoms with Crippen molar-refractivity contribution >= 4 is 14.4 Å². The summed E-state index contributed by atoms with van der Waals surface area (Å²) < 4.78 is 11.3. The Morgan fingerprint density at radius 2 is 2.00 bits per heavy atom. The lowest BCUT2D eigenvalue weighted by Crippen LogP contribution is -2.53. The summed E-state index contributed by atoms with van der Waals surface area (Å²) >= 11 is 0. The monoisotopic (exact) mass is 313 g/mol. The van der Waals surface area contributed by atoms with E-state index < -0.39 is 8.32 Å². The zero-order valence-corrected chi connectivity index (χ0v) is 15.4. The lowest BCUT2D eigenvalue weighted by Gasteiger charge is -2.43. The van der Waals surface area contributed by atoms with Gasteiger partial charge in [-0.25, -0.2) is 4.79 Å². The van der Waals surface area contributed by atoms with E-state index >= 15 is 0 Å². The molecule has 0 spiro atoms. The smallest absolute Gasteiger partial charge is 0.410 e. The van der Waals surface area contributed by atoms with Crippen LogP contribution in [0.1, 0.15) is 40.0 Å². The molecule has 0 aromatic rings. The molecule has 0 radical (unpaired) electrons. The van der Waals surface area contributed by atoms with E-state index in [0.29, 0.717) is 6.61 Å². The van der Waals surface area contributed by atoms with E-state index in [-0.39, 0.29) is 23.2 Å². The van der Waals surface area contributed by atoms with Gasteiger partial charge in [-0.3, -0.25) is 4.90 Å². The van der Waals surface area contributed by atoms with Gasteiger partial charge in [0.1, 0.15) is 0 Å². The molecule has 0 aromatic heterocycles. The molecule has 0 unspecified atom stereocenters. The third kappa shape index (κ3) is 4.33. The predicted octanol–water partition coefficient (Wildman–Crippen LogP) is 4.18. The first-order chi connectivity index (χ1) is 9.64. The fraction of sp³-hybridized carbons (Fsp3) is 0.812. The van der Waals surface area contributed by atoms with E-state index in [0.717, 1.165) is 19.3 Å². The Labute approximate surface area is 130 Å². The van der Waals surface area contributed by atoms with Gasteiger partial charge in [0.25, 0.3) is 0 Å². The first-order valence-electron chi connectivity index (χ1n) is 7.77. The number of carbonyl (C=O) groups is 1. The van der Waals surface area contributed by atoms with E-state index in [2.05, 4.69) is 40.4 Å². The van der Waals surface area contributed by atoms with Crippen LogP contribution in [-0.2, 0) is 9.16 Å². The summed E-state index contributed by atoms with van der Waals surface area (Å²) in [7, 11) is -0.367. The third-order valence-electron chi connectivity index (χ3n) is 4.89. The van der Waals surface area contributed by atoms with Crippen LogP contribution in [0.2, 0.25) is 18.1 Å². The van der Waals surface area contributed by atoms with Crippen molar-refractivity contribution in [3.05, 3.63) is 12.7 Å². The standard InChI is InChI=1S/C16H31NO3Si/c1-8-13-10-9-11-14(17(13)15(18)19-5)12-20-21(6,7)16(2,3)4/h8,13-14H,1,9-12H2,2-7H3/t13-,14-/m0/s1. The maximum Gasteiger partial charge on any atom is 0.410 e. The SMILES string of the molecule is C=C[C@H]1CCC[C@@H](CO[Si](C)(C)C(C)(C)C)N1C(=O)OC. The highest BCUT2D eigenvalue weighted by atomic mass is 28.4. The number of hydrogen-bond donors (Lipinski definition) is 0. The summed E-state index contributed by atoms with van der Waals surface area (Å²) in [6.07, 6.45) is 4.58. The Kier molecular flexibility index (Phi) is 6.05. The van der Waals surface area contributed by atoms with Crippen molar-refractivity contribution in [1.82, 2.24) is 4.90 Å². The van der Waals surface area contributed by atoms with Crippen molar-refractivity contribution in [3.63, 3.8) is 0 Å². The Balaban J connectivity index is 2.79. The molecule has 122 valence electrons. The van der Waals surface area contributed by atoms with Crippen molar-refractivity contribution in [3.8, 4) is 0 Å². The highest BCUT2D eigenvalue weighted by Crippen LogP contribution is 2.37. The average molecular weight is 314 g/mol. The number of piperidine rings is 1. The zero-order valence-electron chi connectivity index (χ0n) is 14.4. The number of nitrogens with zero attached hydrogens (tertiary/aromatic N) is 1. The molecule has 0 N–H and O–H groups in total. The first kappa shape index (κ1) is 18.2. The van der Waals surface area contributed by atoms with Crippen LogP contribution in [0.25, 0.3) is 0 Å². The molecular formula is C16H31NO3Si. The van der Waals surface area contributed by atoms with Gasteiger partial charge in [0.15, 0.2) is 8.32 Å². The molecule has 1 aliphatic rings. The van der Waals surface area contributed by atoms with Crippen LogP contribution in [0.5, 0.6) is 0 Å². The van der Waals surface area contributed by atoms with Gasteiger partial charge in [-0.2, -0.15) is 0 Å². The third-order valence-corrected chi connectivity index (χ3v) is 9.39. The Bertz CT molecular complexity index is 376. The summed E-state index contributed by atoms with van der Waals surface area (Å²) in [5, 5.41) is 0.176. The van der Waals surface area contributed by atoms with Gasteiger partial charge in [0.2, 0.25) is 0 Å². The lowest BCUT2D eigenvalue weighted by molar-refractivity contribution is 0.0505. The van der Waals surface area contributed by atoms with E-state index in [4.69, 9.17) is 9.16 Å². The number of amides is 1. The van der Waals surface area contributed by atoms with E-state index in [1.165, 1.54) is 7.11 Å². The molecule has 0 saturated carbocycles. The van der Waals surface area contributed by atoms with Gasteiger partial charge in [0.05, 0.1) is 25.8 Å². The van der Waals surface area contributed by atoms with E-state index in [9.17, 15) is 4.79 Å². The molecule has 1 rings (SSSR count). The molecule has 1 fully saturated rings. The summed E-state index contributed by atoms with van der Waals surface area (Å²) in [6.45, 7) is 15.6. The molecule has 1 aliphatic heterocycles. The van der Waals surface area contributed by atoms with Crippen molar-refractivity contribution in [1.29, 1.82) is 0 Å². The van der Waals surface area contributed by atoms with Crippen molar-refractivity contribution in [2.45, 2.75) is 70.2 Å². The maximum absolute atomic E-state index is 12.1. The second-order valence-electron chi connectivity index (χ2n) is 7.34. The van der Waals surface area contributed by atoms with Crippen LogP contribution in [0.4, 0.5) is 4.79 Å². The Morgan fingerprint density at radius 1 is 1.38 bits per heavy atom. The fourth-order valence-electron chi connectivity index (χ4n) is 2.42. The number of rotatable bonds is 4. The number of carbonyl (C=O) groups excluding carboxylic acids is 1. The van der Waals surface area contributed by atoms with Crippen molar-refractivity contribution in [2.75, 3.05) is 13.7 Å². The number of ether oxygens (including phenoxy) is 1. The zero-order chi connectivity index (χ0) is 16.3. The quantitative estimate of drug-likeness (QED) is 0.577. The molecule has 4 nitrogen and oxygen atoms in total. The van der Waals surface area contributed by atoms with Crippen LogP contribution >= 0.6 is 0 Å². The van der Waals surface area contributed by atoms with Crippen LogP contribution < -0.4 is 0 Å². The number of methoxy groups -OCH3 is 1. The summed E-state index contributed by atoms with van der Waals surface area (Å²) in [6, 6.07) is 0.141. The van der Waals surface area contributed by atoms with Gasteiger partial charge in [-0.1, -0.05) is 26.8 Å². The van der Waals surface area contributed by atoms with Crippen molar-refractivity contribution < 1.29 is 14.0 Å². The van der Waals surface area contributed by atoms with Crippen molar-refractivity contribution in [2.24, 2.45) is 0 Å². The summed E-state index contributed by atoms with van der Waals surface area (Å²) in [5.41, 5.74) is 0. The molecule has 0 bridgehead atoms. The Hall–Kier alpha value is -0.813. The van der Waals surface area contributed by atoms with Crippen LogP contribution in [0.15, 0.2) is 12.7 Å². The molecule has 21 heavy (non-hydrogen) atoms. The van der Waals surface area contributed by atoms with Crippen LogP contribution in [0.3, 0.4) is 0 Å². The maximum atomic E-state index is 12.1. The minimum atomic E-state index is -1.80. The highest BCUT2D eigenvalue weighted by molar-refractivity contribution is 6.74. The molecular weight excluding hydrogens is 282 g/mol. The normalized spacial score (nSPS) is 23.8. The average Bonchev–Trinajstić information content (AvgIpc) is 2.42. The first-order valence-corrected chi connectivity index (χ1v) is 10.7. The molecule has 1 amide bonds. The number of likely N-dealkylation sites (tertiary alicyclic amines) is 1. The van der Waals surface area contributed by atoms with E-state index in [1.54, 1.807) is 0 Å². The fourth-order valence-corrected chi connectivity index (χ4v) is 3.46. The minimum absolute atomic E-state index is 0.0548. The number of hydrogen-bond acceptors (Lipinski definition) is 3. The molecule has 1 saturated heterocycles. The largest absolute Gasteiger partial charge is 0.453 e. The molecule has 2 atom stereocenters. The highest BCUT2D eigenvalue weighted by Gasteiger charge is 2.40. The topological polar surface area (TPSA) is 38.8 Å². The molecule has 0 aliphatic carbocycles. The van der Waals surface area contributed by atoms with Gasteiger partial charge in [-0.05, 0) is 37.4 Å². The molecule has 0 aromatic carbocycles. The second kappa shape index (κ2) is 6.96. The Morgan fingerprint density at radius 3 is 2.48 bits per heavy atom. The lowest BCUT2D eigenvalue weighted by atomic mass is 9.96. The minimum Gasteiger partial charge on any atom is -0.453 e. The van der Waals surface area contributed by atoms with Gasteiger partial charge in [-0.15, -0.1) is 6.58 Å². The summed E-state index contributed by atoms with van der Waals surface area (Å²) in [4.78, 5) is 13.9. The van der Waals surface area contributed by atoms with Gasteiger partial charge >= 0.3 is 6.09 Å². The predicted molar refractivity (Wildman–Crippen MR) is 89.0 cm³/mol. The molecule has 1 heterocycles. The molecule has 5 heteroatoms. The van der Waals surface area contributed by atoms with Gasteiger partial charge < -0.3 is 9.16 Å². The van der Waals surface area contributed by atoms with E-state index in [1.807, 2.05) is 11.0 Å². The van der Waals surface area contributed by atoms with Gasteiger partial charge in [0, 0.05) is 0 Å². The summed E-state index contributed by atoms with van der Waals surface area (Å²) in [5.74, 6) is 0.